The maximum absolute atomic E-state index is 13.6. The Morgan fingerprint density at radius 2 is 1.68 bits per heavy atom. The van der Waals surface area contributed by atoms with Crippen LogP contribution in [-0.2, 0) is 25.8 Å². The van der Waals surface area contributed by atoms with Crippen molar-refractivity contribution in [3.05, 3.63) is 83.4 Å². The van der Waals surface area contributed by atoms with Gasteiger partial charge in [0.15, 0.2) is 14.6 Å². The van der Waals surface area contributed by atoms with Crippen molar-refractivity contribution in [2.24, 2.45) is 0 Å². The fourth-order valence-corrected chi connectivity index (χ4v) is 7.11. The van der Waals surface area contributed by atoms with Crippen molar-refractivity contribution in [3.8, 4) is 16.9 Å². The summed E-state index contributed by atoms with van der Waals surface area (Å²) in [7, 11) is -2.47. The smallest absolute Gasteiger partial charge is 0.265 e. The van der Waals surface area contributed by atoms with E-state index in [0.717, 1.165) is 24.0 Å². The van der Waals surface area contributed by atoms with Crippen LogP contribution in [0.25, 0.3) is 11.1 Å². The zero-order chi connectivity index (χ0) is 28.6. The number of hydrogen-bond acceptors (Lipinski definition) is 7. The van der Waals surface area contributed by atoms with E-state index >= 15 is 0 Å². The number of carbonyl (C=O) groups is 1. The van der Waals surface area contributed by atoms with Gasteiger partial charge in [0, 0.05) is 31.8 Å². The standard InChI is InChI=1S/C30H35ClN2O6S.ClH/c1-38-21-19-33-17-15-30(16-18-33,29(34)32-35)40(36,37)28-13-11-27(12-14-28)39-20-3-5-23-4-2-6-25(22-23)24-7-9-26(31)10-8-24;/h2,4,6-14,22,35H,3,5,15-21H2,1H3,(H,32,34);1H. The van der Waals surface area contributed by atoms with Gasteiger partial charge in [-0.1, -0.05) is 48.0 Å². The fourth-order valence-electron chi connectivity index (χ4n) is 5.03. The molecule has 222 valence electrons. The largest absolute Gasteiger partial charge is 0.494 e. The van der Waals surface area contributed by atoms with Crippen molar-refractivity contribution >= 4 is 39.8 Å². The van der Waals surface area contributed by atoms with Crippen LogP contribution in [0.3, 0.4) is 0 Å². The van der Waals surface area contributed by atoms with Crippen molar-refractivity contribution in [2.75, 3.05) is 40.0 Å². The number of amides is 1. The molecule has 3 aromatic rings. The minimum atomic E-state index is -4.08. The number of likely N-dealkylation sites (tertiary alicyclic amines) is 1. The summed E-state index contributed by atoms with van der Waals surface area (Å²) >= 11 is 6.00. The lowest BCUT2D eigenvalue weighted by molar-refractivity contribution is -0.133. The van der Waals surface area contributed by atoms with Crippen LogP contribution in [0.4, 0.5) is 0 Å². The average Bonchev–Trinajstić information content (AvgIpc) is 2.98. The van der Waals surface area contributed by atoms with Crippen LogP contribution in [0.5, 0.6) is 5.75 Å². The van der Waals surface area contributed by atoms with Gasteiger partial charge in [-0.15, -0.1) is 12.4 Å². The number of nitrogens with zero attached hydrogens (tertiary/aromatic N) is 1. The second kappa shape index (κ2) is 15.0. The SMILES string of the molecule is COCCN1CCC(C(=O)NO)(S(=O)(=O)c2ccc(OCCCc3cccc(-c4ccc(Cl)cc4)c3)cc2)CC1.Cl. The predicted molar refractivity (Wildman–Crippen MR) is 162 cm³/mol. The highest BCUT2D eigenvalue weighted by atomic mass is 35.5. The lowest BCUT2D eigenvalue weighted by Crippen LogP contribution is -2.57. The molecule has 3 aromatic carbocycles. The number of benzene rings is 3. The number of carbonyl (C=O) groups excluding carboxylic acids is 1. The normalized spacial score (nSPS) is 15.1. The summed E-state index contributed by atoms with van der Waals surface area (Å²) in [5.41, 5.74) is 5.01. The Balaban J connectivity index is 0.00000462. The van der Waals surface area contributed by atoms with Crippen molar-refractivity contribution in [1.82, 2.24) is 10.4 Å². The van der Waals surface area contributed by atoms with E-state index in [4.69, 9.17) is 21.1 Å². The number of rotatable bonds is 12. The molecular formula is C30H36Cl2N2O6S. The Morgan fingerprint density at radius 3 is 2.32 bits per heavy atom. The molecule has 0 saturated carbocycles. The van der Waals surface area contributed by atoms with Gasteiger partial charge in [0.25, 0.3) is 5.91 Å². The van der Waals surface area contributed by atoms with Crippen molar-refractivity contribution in [1.29, 1.82) is 0 Å². The van der Waals surface area contributed by atoms with Gasteiger partial charge >= 0.3 is 0 Å². The molecule has 1 saturated heterocycles. The van der Waals surface area contributed by atoms with Crippen molar-refractivity contribution in [2.45, 2.75) is 35.3 Å². The summed E-state index contributed by atoms with van der Waals surface area (Å²) in [4.78, 5) is 14.8. The van der Waals surface area contributed by atoms with Crippen LogP contribution >= 0.6 is 24.0 Å². The number of hydroxylamine groups is 1. The van der Waals surface area contributed by atoms with Gasteiger partial charge in [-0.25, -0.2) is 13.9 Å². The molecule has 0 radical (unpaired) electrons. The summed E-state index contributed by atoms with van der Waals surface area (Å²) in [6, 6.07) is 22.2. The minimum absolute atomic E-state index is 0. The highest BCUT2D eigenvalue weighted by Gasteiger charge is 2.52. The van der Waals surface area contributed by atoms with Crippen LogP contribution in [0.1, 0.15) is 24.8 Å². The van der Waals surface area contributed by atoms with Crippen LogP contribution in [0.2, 0.25) is 5.02 Å². The van der Waals surface area contributed by atoms with Crippen LogP contribution in [-0.4, -0.2) is 69.1 Å². The molecule has 0 atom stereocenters. The van der Waals surface area contributed by atoms with Crippen LogP contribution in [0, 0.1) is 0 Å². The molecule has 4 rings (SSSR count). The van der Waals surface area contributed by atoms with E-state index in [9.17, 15) is 18.4 Å². The van der Waals surface area contributed by atoms with Gasteiger partial charge < -0.3 is 14.4 Å². The Bertz CT molecular complexity index is 1380. The van der Waals surface area contributed by atoms with Gasteiger partial charge in [0.05, 0.1) is 18.1 Å². The first kappa shape index (κ1) is 32.8. The summed E-state index contributed by atoms with van der Waals surface area (Å²) < 4.78 is 36.5. The number of nitrogens with one attached hydrogen (secondary N) is 1. The highest BCUT2D eigenvalue weighted by Crippen LogP contribution is 2.36. The molecule has 1 fully saturated rings. The number of aryl methyl sites for hydroxylation is 1. The molecular weight excluding hydrogens is 587 g/mol. The average molecular weight is 624 g/mol. The number of piperidine rings is 1. The lowest BCUT2D eigenvalue weighted by Gasteiger charge is -2.39. The topological polar surface area (TPSA) is 105 Å². The number of halogens is 2. The Kier molecular flexibility index (Phi) is 12.0. The second-order valence-corrected chi connectivity index (χ2v) is 12.6. The van der Waals surface area contributed by atoms with Gasteiger partial charge in [-0.05, 0) is 78.8 Å². The predicted octanol–water partition coefficient (Wildman–Crippen LogP) is 5.20. The zero-order valence-electron chi connectivity index (χ0n) is 22.9. The number of ether oxygens (including phenoxy) is 2. The monoisotopic (exact) mass is 622 g/mol. The quantitative estimate of drug-likeness (QED) is 0.162. The van der Waals surface area contributed by atoms with Gasteiger partial charge in [0.2, 0.25) is 0 Å². The molecule has 1 aliphatic heterocycles. The highest BCUT2D eigenvalue weighted by molar-refractivity contribution is 7.93. The molecule has 0 spiro atoms. The number of hydrogen-bond donors (Lipinski definition) is 2. The Hall–Kier alpha value is -2.66. The number of methoxy groups -OCH3 is 1. The maximum Gasteiger partial charge on any atom is 0.265 e. The summed E-state index contributed by atoms with van der Waals surface area (Å²) in [6.07, 6.45) is 1.75. The van der Waals surface area contributed by atoms with E-state index in [1.165, 1.54) is 17.7 Å². The first-order valence-corrected chi connectivity index (χ1v) is 15.1. The van der Waals surface area contributed by atoms with E-state index in [2.05, 4.69) is 18.2 Å². The molecule has 2 N–H and O–H groups in total. The maximum atomic E-state index is 13.6. The lowest BCUT2D eigenvalue weighted by atomic mass is 9.95. The van der Waals surface area contributed by atoms with Gasteiger partial charge in [0.1, 0.15) is 5.75 Å². The molecule has 1 amide bonds. The molecule has 0 aliphatic carbocycles. The summed E-state index contributed by atoms with van der Waals surface area (Å²) in [5, 5.41) is 10.1. The molecule has 8 nitrogen and oxygen atoms in total. The first-order valence-electron chi connectivity index (χ1n) is 13.3. The van der Waals surface area contributed by atoms with Gasteiger partial charge in [-0.3, -0.25) is 10.0 Å². The molecule has 1 aliphatic rings. The molecule has 1 heterocycles. The molecule has 11 heteroatoms. The molecule has 41 heavy (non-hydrogen) atoms. The van der Waals surface area contributed by atoms with Crippen LogP contribution in [0.15, 0.2) is 77.7 Å². The van der Waals surface area contributed by atoms with Gasteiger partial charge in [-0.2, -0.15) is 0 Å². The third-order valence-electron chi connectivity index (χ3n) is 7.42. The van der Waals surface area contributed by atoms with E-state index in [0.29, 0.717) is 43.6 Å². The molecule has 0 aromatic heterocycles. The van der Waals surface area contributed by atoms with E-state index < -0.39 is 20.5 Å². The van der Waals surface area contributed by atoms with Crippen LogP contribution < -0.4 is 10.2 Å². The third-order valence-corrected chi connectivity index (χ3v) is 10.2. The van der Waals surface area contributed by atoms with E-state index in [1.54, 1.807) is 24.7 Å². The number of sulfone groups is 1. The molecule has 0 bridgehead atoms. The summed E-state index contributed by atoms with van der Waals surface area (Å²) in [6.45, 7) is 2.43. The van der Waals surface area contributed by atoms with Crippen molar-refractivity contribution in [3.63, 3.8) is 0 Å². The van der Waals surface area contributed by atoms with E-state index in [-0.39, 0.29) is 30.1 Å². The van der Waals surface area contributed by atoms with Crippen molar-refractivity contribution < 1.29 is 27.9 Å². The zero-order valence-corrected chi connectivity index (χ0v) is 25.3. The molecule has 0 unspecified atom stereocenters. The van der Waals surface area contributed by atoms with E-state index in [1.807, 2.05) is 35.2 Å². The first-order chi connectivity index (χ1) is 19.3. The minimum Gasteiger partial charge on any atom is -0.494 e. The Morgan fingerprint density at radius 1 is 1.00 bits per heavy atom. The third kappa shape index (κ3) is 7.80. The second-order valence-electron chi connectivity index (χ2n) is 9.90. The summed E-state index contributed by atoms with van der Waals surface area (Å²) in [5.74, 6) is -0.358. The fraction of sp³-hybridized carbons (Fsp3) is 0.367. The Labute approximate surface area is 252 Å².